The topological polar surface area (TPSA) is 123 Å². The number of amides is 1. The van der Waals surface area contributed by atoms with Crippen molar-refractivity contribution in [1.82, 2.24) is 30.6 Å². The molecule has 0 saturated carbocycles. The van der Waals surface area contributed by atoms with Crippen molar-refractivity contribution in [2.75, 3.05) is 6.54 Å². The average molecular weight is 364 g/mol. The van der Waals surface area contributed by atoms with Gasteiger partial charge in [-0.25, -0.2) is 0 Å². The van der Waals surface area contributed by atoms with E-state index < -0.39 is 0 Å². The number of aryl methyl sites for hydroxylation is 1. The van der Waals surface area contributed by atoms with Gasteiger partial charge in [0.2, 0.25) is 11.7 Å². The minimum absolute atomic E-state index is 0.278. The van der Waals surface area contributed by atoms with Crippen molar-refractivity contribution >= 4 is 5.91 Å². The van der Waals surface area contributed by atoms with Crippen LogP contribution in [-0.4, -0.2) is 37.8 Å². The van der Waals surface area contributed by atoms with Crippen LogP contribution >= 0.6 is 0 Å². The van der Waals surface area contributed by atoms with Gasteiger partial charge in [0.1, 0.15) is 11.5 Å². The van der Waals surface area contributed by atoms with Gasteiger partial charge in [-0.1, -0.05) is 5.16 Å². The predicted molar refractivity (Wildman–Crippen MR) is 94.6 cm³/mol. The van der Waals surface area contributed by atoms with Crippen LogP contribution < -0.4 is 5.32 Å². The lowest BCUT2D eigenvalue weighted by molar-refractivity contribution is 0.0948. The van der Waals surface area contributed by atoms with Gasteiger partial charge in [0, 0.05) is 37.0 Å². The van der Waals surface area contributed by atoms with Crippen LogP contribution in [-0.2, 0) is 6.42 Å². The van der Waals surface area contributed by atoms with E-state index in [2.05, 4.69) is 30.6 Å². The molecule has 2 N–H and O–H groups in total. The summed E-state index contributed by atoms with van der Waals surface area (Å²) >= 11 is 0. The molecule has 0 spiro atoms. The third kappa shape index (κ3) is 3.76. The number of nitrogens with one attached hydrogen (secondary N) is 2. The van der Waals surface area contributed by atoms with E-state index >= 15 is 0 Å². The molecule has 0 fully saturated rings. The van der Waals surface area contributed by atoms with E-state index in [0.717, 1.165) is 11.3 Å². The van der Waals surface area contributed by atoms with Crippen molar-refractivity contribution < 1.29 is 13.7 Å². The Morgan fingerprint density at radius 2 is 2.22 bits per heavy atom. The van der Waals surface area contributed by atoms with Crippen LogP contribution in [0.3, 0.4) is 0 Å². The molecule has 9 nitrogen and oxygen atoms in total. The van der Waals surface area contributed by atoms with E-state index in [0.29, 0.717) is 36.1 Å². The van der Waals surface area contributed by atoms with Crippen molar-refractivity contribution in [3.8, 4) is 22.8 Å². The van der Waals surface area contributed by atoms with Crippen LogP contribution in [0.5, 0.6) is 0 Å². The minimum atomic E-state index is -0.298. The molecule has 0 saturated heterocycles. The second-order valence-corrected chi connectivity index (χ2v) is 5.84. The number of hydrogen-bond donors (Lipinski definition) is 2. The second-order valence-electron chi connectivity index (χ2n) is 5.84. The molecule has 0 radical (unpaired) electrons. The monoisotopic (exact) mass is 364 g/mol. The molecule has 9 heteroatoms. The summed E-state index contributed by atoms with van der Waals surface area (Å²) in [6, 6.07) is 8.95. The SMILES string of the molecule is Cc1ccc(-c2cc(C(=O)NCCc3nc(-c4cccnc4)no3)n[nH]2)o1. The maximum atomic E-state index is 12.2. The Morgan fingerprint density at radius 1 is 1.30 bits per heavy atom. The van der Waals surface area contributed by atoms with E-state index in [1.54, 1.807) is 24.5 Å². The summed E-state index contributed by atoms with van der Waals surface area (Å²) in [4.78, 5) is 20.5. The summed E-state index contributed by atoms with van der Waals surface area (Å²) in [5.41, 5.74) is 1.70. The molecule has 4 heterocycles. The van der Waals surface area contributed by atoms with Crippen LogP contribution in [0.2, 0.25) is 0 Å². The van der Waals surface area contributed by atoms with Gasteiger partial charge in [-0.05, 0) is 31.2 Å². The van der Waals surface area contributed by atoms with Crippen LogP contribution in [0.1, 0.15) is 22.1 Å². The van der Waals surface area contributed by atoms with Crippen molar-refractivity contribution in [2.24, 2.45) is 0 Å². The van der Waals surface area contributed by atoms with Gasteiger partial charge in [-0.15, -0.1) is 0 Å². The molecule has 4 aromatic rings. The molecule has 0 aromatic carbocycles. The Morgan fingerprint density at radius 3 is 3.00 bits per heavy atom. The zero-order chi connectivity index (χ0) is 18.6. The summed E-state index contributed by atoms with van der Waals surface area (Å²) in [6.07, 6.45) is 3.74. The lowest BCUT2D eigenvalue weighted by Crippen LogP contribution is -2.26. The van der Waals surface area contributed by atoms with E-state index in [1.807, 2.05) is 25.1 Å². The van der Waals surface area contributed by atoms with Gasteiger partial charge >= 0.3 is 0 Å². The number of H-pyrrole nitrogens is 1. The number of hydrogen-bond acceptors (Lipinski definition) is 7. The van der Waals surface area contributed by atoms with E-state index in [9.17, 15) is 4.79 Å². The van der Waals surface area contributed by atoms with E-state index in [4.69, 9.17) is 8.94 Å². The highest BCUT2D eigenvalue weighted by Crippen LogP contribution is 2.20. The summed E-state index contributed by atoms with van der Waals surface area (Å²) in [7, 11) is 0. The van der Waals surface area contributed by atoms with Crippen molar-refractivity contribution in [2.45, 2.75) is 13.3 Å². The third-order valence-corrected chi connectivity index (χ3v) is 3.83. The summed E-state index contributed by atoms with van der Waals surface area (Å²) < 4.78 is 10.7. The lowest BCUT2D eigenvalue weighted by Gasteiger charge is -1.99. The first-order chi connectivity index (χ1) is 13.2. The number of furan rings is 1. The Kier molecular flexibility index (Phi) is 4.48. The zero-order valence-electron chi connectivity index (χ0n) is 14.5. The fraction of sp³-hybridized carbons (Fsp3) is 0.167. The number of carbonyl (C=O) groups is 1. The average Bonchev–Trinajstić information content (AvgIpc) is 3.43. The fourth-order valence-electron chi connectivity index (χ4n) is 2.49. The molecule has 136 valence electrons. The van der Waals surface area contributed by atoms with Crippen LogP contribution in [0.25, 0.3) is 22.8 Å². The second kappa shape index (κ2) is 7.24. The van der Waals surface area contributed by atoms with Crippen LogP contribution in [0.15, 0.2) is 51.7 Å². The molecular weight excluding hydrogens is 348 g/mol. The molecule has 27 heavy (non-hydrogen) atoms. The van der Waals surface area contributed by atoms with Crippen molar-refractivity contribution in [3.05, 3.63) is 60.1 Å². The highest BCUT2D eigenvalue weighted by Gasteiger charge is 2.14. The van der Waals surface area contributed by atoms with E-state index in [-0.39, 0.29) is 11.6 Å². The number of pyridine rings is 1. The largest absolute Gasteiger partial charge is 0.460 e. The molecular formula is C18H16N6O3. The number of aromatic nitrogens is 5. The van der Waals surface area contributed by atoms with Gasteiger partial charge in [0.05, 0.1) is 0 Å². The predicted octanol–water partition coefficient (Wildman–Crippen LogP) is 2.40. The van der Waals surface area contributed by atoms with Crippen molar-refractivity contribution in [3.63, 3.8) is 0 Å². The summed E-state index contributed by atoms with van der Waals surface area (Å²) in [6.45, 7) is 2.19. The lowest BCUT2D eigenvalue weighted by atomic mass is 10.3. The zero-order valence-corrected chi connectivity index (χ0v) is 14.5. The van der Waals surface area contributed by atoms with Gasteiger partial charge in [0.25, 0.3) is 5.91 Å². The first kappa shape index (κ1) is 16.7. The Balaban J connectivity index is 1.32. The highest BCUT2D eigenvalue weighted by atomic mass is 16.5. The molecule has 4 rings (SSSR count). The van der Waals surface area contributed by atoms with Crippen molar-refractivity contribution in [1.29, 1.82) is 0 Å². The molecule has 0 aliphatic heterocycles. The Hall–Kier alpha value is -3.75. The first-order valence-electron chi connectivity index (χ1n) is 8.32. The van der Waals surface area contributed by atoms with Crippen LogP contribution in [0.4, 0.5) is 0 Å². The minimum Gasteiger partial charge on any atom is -0.460 e. The van der Waals surface area contributed by atoms with Crippen LogP contribution in [0, 0.1) is 6.92 Å². The molecule has 4 aromatic heterocycles. The normalized spacial score (nSPS) is 10.9. The molecule has 0 aliphatic carbocycles. The highest BCUT2D eigenvalue weighted by molar-refractivity contribution is 5.93. The van der Waals surface area contributed by atoms with Gasteiger partial charge in [-0.3, -0.25) is 14.9 Å². The Bertz CT molecular complexity index is 1050. The molecule has 1 amide bonds. The standard InChI is InChI=1S/C18H16N6O3/c1-11-4-5-15(26-11)13-9-14(23-22-13)18(25)20-8-6-16-21-17(24-27-16)12-3-2-7-19-10-12/h2-5,7,9-10H,6,8H2,1H3,(H,20,25)(H,22,23). The first-order valence-corrected chi connectivity index (χ1v) is 8.32. The van der Waals surface area contributed by atoms with E-state index in [1.165, 1.54) is 0 Å². The summed E-state index contributed by atoms with van der Waals surface area (Å²) in [5.74, 6) is 2.02. The molecule has 0 bridgehead atoms. The number of rotatable bonds is 6. The quantitative estimate of drug-likeness (QED) is 0.538. The molecule has 0 aliphatic rings. The molecule has 0 atom stereocenters. The number of nitrogens with zero attached hydrogens (tertiary/aromatic N) is 4. The van der Waals surface area contributed by atoms with Gasteiger partial charge in [0.15, 0.2) is 11.5 Å². The summed E-state index contributed by atoms with van der Waals surface area (Å²) in [5, 5.41) is 13.5. The Labute approximate surface area is 153 Å². The number of aromatic amines is 1. The van der Waals surface area contributed by atoms with Gasteiger partial charge < -0.3 is 14.3 Å². The maximum Gasteiger partial charge on any atom is 0.271 e. The fourth-order valence-corrected chi connectivity index (χ4v) is 2.49. The maximum absolute atomic E-state index is 12.2. The third-order valence-electron chi connectivity index (χ3n) is 3.83. The number of carbonyl (C=O) groups excluding carboxylic acids is 1. The molecule has 0 unspecified atom stereocenters. The van der Waals surface area contributed by atoms with Gasteiger partial charge in [-0.2, -0.15) is 10.1 Å². The smallest absolute Gasteiger partial charge is 0.271 e.